The molecule has 1 unspecified atom stereocenters. The van der Waals surface area contributed by atoms with Crippen LogP contribution in [-0.4, -0.2) is 25.5 Å². The quantitative estimate of drug-likeness (QED) is 0.873. The van der Waals surface area contributed by atoms with Gasteiger partial charge in [-0.1, -0.05) is 18.5 Å². The van der Waals surface area contributed by atoms with Crippen molar-refractivity contribution in [1.82, 2.24) is 14.5 Å². The molecule has 1 aliphatic carbocycles. The number of fused-ring (bicyclic) bond motifs is 1. The Morgan fingerprint density at radius 2 is 2.09 bits per heavy atom. The molecule has 1 amide bonds. The van der Waals surface area contributed by atoms with Gasteiger partial charge in [-0.3, -0.25) is 14.9 Å². The molecule has 0 fully saturated rings. The van der Waals surface area contributed by atoms with E-state index in [-0.39, 0.29) is 23.2 Å². The number of pyridine rings is 1. The van der Waals surface area contributed by atoms with Gasteiger partial charge in [0.05, 0.1) is 17.4 Å². The monoisotopic (exact) mass is 334 g/mol. The Labute approximate surface area is 137 Å². The average molecular weight is 335 g/mol. The average Bonchev–Trinajstić information content (AvgIpc) is 2.90. The van der Waals surface area contributed by atoms with Crippen LogP contribution in [0.3, 0.4) is 0 Å². The summed E-state index contributed by atoms with van der Waals surface area (Å²) in [6, 6.07) is 0. The van der Waals surface area contributed by atoms with Crippen molar-refractivity contribution >= 4 is 23.5 Å². The third-order valence-electron chi connectivity index (χ3n) is 4.11. The number of carbonyl (C=O) groups is 1. The van der Waals surface area contributed by atoms with Crippen molar-refractivity contribution in [2.75, 3.05) is 5.32 Å². The summed E-state index contributed by atoms with van der Waals surface area (Å²) >= 11 is 5.69. The predicted octanol–water partition coefficient (Wildman–Crippen LogP) is 1.84. The summed E-state index contributed by atoms with van der Waals surface area (Å²) in [5.41, 5.74) is 0.605. The van der Waals surface area contributed by atoms with E-state index in [2.05, 4.69) is 15.3 Å². The van der Waals surface area contributed by atoms with Crippen molar-refractivity contribution < 1.29 is 9.90 Å². The summed E-state index contributed by atoms with van der Waals surface area (Å²) in [4.78, 5) is 32.5. The summed E-state index contributed by atoms with van der Waals surface area (Å²) in [5, 5.41) is 13.2. The van der Waals surface area contributed by atoms with E-state index in [1.807, 2.05) is 6.92 Å². The van der Waals surface area contributed by atoms with Crippen LogP contribution < -0.4 is 10.9 Å². The molecule has 7 nitrogen and oxygen atoms in total. The Morgan fingerprint density at radius 1 is 1.43 bits per heavy atom. The standard InChI is InChI=1S/C15H15ClN4O3/c1-7-3-4-9-10(7)12(21)11(14(23)20(9)2)13(22)19-15-17-5-8(16)6-18-15/h5-7,21H,3-4H2,1-2H3,(H,17,18,19,22). The second-order valence-electron chi connectivity index (χ2n) is 5.57. The van der Waals surface area contributed by atoms with E-state index in [1.165, 1.54) is 17.0 Å². The van der Waals surface area contributed by atoms with Crippen molar-refractivity contribution in [3.05, 3.63) is 44.6 Å². The van der Waals surface area contributed by atoms with Gasteiger partial charge in [-0.15, -0.1) is 0 Å². The lowest BCUT2D eigenvalue weighted by Gasteiger charge is -2.14. The van der Waals surface area contributed by atoms with Crippen molar-refractivity contribution in [3.63, 3.8) is 0 Å². The van der Waals surface area contributed by atoms with Gasteiger partial charge in [-0.05, 0) is 18.8 Å². The summed E-state index contributed by atoms with van der Waals surface area (Å²) in [6.45, 7) is 1.96. The highest BCUT2D eigenvalue weighted by Gasteiger charge is 2.31. The van der Waals surface area contributed by atoms with E-state index in [0.717, 1.165) is 12.1 Å². The molecule has 120 valence electrons. The number of halogens is 1. The van der Waals surface area contributed by atoms with E-state index in [0.29, 0.717) is 17.0 Å². The lowest BCUT2D eigenvalue weighted by Crippen LogP contribution is -2.30. The van der Waals surface area contributed by atoms with Crippen LogP contribution in [0.25, 0.3) is 0 Å². The highest BCUT2D eigenvalue weighted by atomic mass is 35.5. The van der Waals surface area contributed by atoms with Gasteiger partial charge in [0.2, 0.25) is 5.95 Å². The van der Waals surface area contributed by atoms with Crippen LogP contribution in [0.15, 0.2) is 17.2 Å². The number of aromatic nitrogens is 3. The summed E-state index contributed by atoms with van der Waals surface area (Å²) < 4.78 is 1.43. The fourth-order valence-corrected chi connectivity index (χ4v) is 3.00. The minimum absolute atomic E-state index is 0.00870. The van der Waals surface area contributed by atoms with Crippen LogP contribution in [0, 0.1) is 0 Å². The molecular weight excluding hydrogens is 320 g/mol. The first-order chi connectivity index (χ1) is 10.9. The van der Waals surface area contributed by atoms with Gasteiger partial charge in [0.1, 0.15) is 11.3 Å². The van der Waals surface area contributed by atoms with Gasteiger partial charge in [-0.25, -0.2) is 9.97 Å². The number of nitrogens with zero attached hydrogens (tertiary/aromatic N) is 3. The summed E-state index contributed by atoms with van der Waals surface area (Å²) in [7, 11) is 1.61. The molecular formula is C15H15ClN4O3. The molecule has 0 saturated heterocycles. The van der Waals surface area contributed by atoms with Gasteiger partial charge in [0, 0.05) is 18.3 Å². The molecule has 0 spiro atoms. The van der Waals surface area contributed by atoms with E-state index < -0.39 is 11.5 Å². The second-order valence-corrected chi connectivity index (χ2v) is 6.00. The maximum Gasteiger partial charge on any atom is 0.267 e. The van der Waals surface area contributed by atoms with Gasteiger partial charge in [0.25, 0.3) is 11.5 Å². The predicted molar refractivity (Wildman–Crippen MR) is 85.1 cm³/mol. The number of rotatable bonds is 2. The van der Waals surface area contributed by atoms with Gasteiger partial charge < -0.3 is 9.67 Å². The largest absolute Gasteiger partial charge is 0.507 e. The zero-order chi connectivity index (χ0) is 16.7. The molecule has 0 saturated carbocycles. The van der Waals surface area contributed by atoms with Crippen molar-refractivity contribution in [2.24, 2.45) is 7.05 Å². The molecule has 0 aliphatic heterocycles. The number of aromatic hydroxyl groups is 1. The minimum atomic E-state index is -0.743. The number of hydrogen-bond acceptors (Lipinski definition) is 5. The summed E-state index contributed by atoms with van der Waals surface area (Å²) in [6.07, 6.45) is 4.19. The van der Waals surface area contributed by atoms with Crippen LogP contribution in [-0.2, 0) is 13.5 Å². The Hall–Kier alpha value is -2.41. The SMILES string of the molecule is CC1CCc2c1c(O)c(C(=O)Nc1ncc(Cl)cn1)c(=O)n2C. The van der Waals surface area contributed by atoms with Crippen LogP contribution >= 0.6 is 11.6 Å². The Bertz CT molecular complexity index is 845. The first-order valence-corrected chi connectivity index (χ1v) is 7.51. The number of carbonyl (C=O) groups excluding carboxylic acids is 1. The fourth-order valence-electron chi connectivity index (χ4n) is 2.91. The highest BCUT2D eigenvalue weighted by Crippen LogP contribution is 2.39. The molecule has 8 heteroatoms. The first kappa shape index (κ1) is 15.5. The molecule has 1 atom stereocenters. The highest BCUT2D eigenvalue weighted by molar-refractivity contribution is 6.30. The number of anilines is 1. The van der Waals surface area contributed by atoms with Crippen molar-refractivity contribution in [3.8, 4) is 5.75 Å². The molecule has 2 heterocycles. The molecule has 2 aromatic heterocycles. The van der Waals surface area contributed by atoms with Crippen LogP contribution in [0.4, 0.5) is 5.95 Å². The Kier molecular flexibility index (Phi) is 3.81. The second kappa shape index (κ2) is 5.66. The Morgan fingerprint density at radius 3 is 2.74 bits per heavy atom. The van der Waals surface area contributed by atoms with Crippen LogP contribution in [0.5, 0.6) is 5.75 Å². The zero-order valence-corrected chi connectivity index (χ0v) is 13.4. The number of amides is 1. The van der Waals surface area contributed by atoms with Gasteiger partial charge in [0.15, 0.2) is 0 Å². The fraction of sp³-hybridized carbons (Fsp3) is 0.333. The number of hydrogen-bond donors (Lipinski definition) is 2. The van der Waals surface area contributed by atoms with Crippen molar-refractivity contribution in [1.29, 1.82) is 0 Å². The molecule has 3 rings (SSSR count). The van der Waals surface area contributed by atoms with E-state index >= 15 is 0 Å². The van der Waals surface area contributed by atoms with Crippen LogP contribution in [0.2, 0.25) is 5.02 Å². The normalized spacial score (nSPS) is 16.2. The molecule has 1 aliphatic rings. The number of nitrogens with one attached hydrogen (secondary N) is 1. The maximum absolute atomic E-state index is 12.4. The Balaban J connectivity index is 2.04. The maximum atomic E-state index is 12.4. The molecule has 2 N–H and O–H groups in total. The lowest BCUT2D eigenvalue weighted by atomic mass is 10.0. The molecule has 23 heavy (non-hydrogen) atoms. The van der Waals surface area contributed by atoms with E-state index in [1.54, 1.807) is 7.05 Å². The molecule has 0 aromatic carbocycles. The molecule has 0 radical (unpaired) electrons. The minimum Gasteiger partial charge on any atom is -0.507 e. The lowest BCUT2D eigenvalue weighted by molar-refractivity contribution is 0.102. The van der Waals surface area contributed by atoms with Crippen molar-refractivity contribution in [2.45, 2.75) is 25.7 Å². The first-order valence-electron chi connectivity index (χ1n) is 7.13. The van der Waals surface area contributed by atoms with Crippen LogP contribution in [0.1, 0.15) is 40.9 Å². The zero-order valence-electron chi connectivity index (χ0n) is 12.6. The molecule has 0 bridgehead atoms. The molecule has 2 aromatic rings. The third kappa shape index (κ3) is 2.57. The third-order valence-corrected chi connectivity index (χ3v) is 4.30. The van der Waals surface area contributed by atoms with E-state index in [9.17, 15) is 14.7 Å². The smallest absolute Gasteiger partial charge is 0.267 e. The van der Waals surface area contributed by atoms with Gasteiger partial charge in [-0.2, -0.15) is 0 Å². The van der Waals surface area contributed by atoms with Gasteiger partial charge >= 0.3 is 0 Å². The van der Waals surface area contributed by atoms with E-state index in [4.69, 9.17) is 11.6 Å². The topological polar surface area (TPSA) is 97.1 Å². The summed E-state index contributed by atoms with van der Waals surface area (Å²) in [5.74, 6) is -0.892.